The standard InChI is InChI=1S/C17H27N3S/c1-18-17(19-10-3-4-11-21-2)20-13-14-8-9-15-6-5-7-16(15)12-14/h8-9,12H,3-7,10-11,13H2,1-2H3,(H2,18,19,20). The second-order valence-electron chi connectivity index (χ2n) is 5.51. The summed E-state index contributed by atoms with van der Waals surface area (Å²) in [5.41, 5.74) is 4.42. The minimum atomic E-state index is 0.845. The van der Waals surface area contributed by atoms with Crippen molar-refractivity contribution < 1.29 is 0 Å². The van der Waals surface area contributed by atoms with Gasteiger partial charge in [-0.25, -0.2) is 0 Å². The molecule has 0 atom stereocenters. The number of benzene rings is 1. The molecule has 0 saturated heterocycles. The summed E-state index contributed by atoms with van der Waals surface area (Å²) < 4.78 is 0. The number of rotatable bonds is 7. The van der Waals surface area contributed by atoms with E-state index in [0.717, 1.165) is 19.0 Å². The van der Waals surface area contributed by atoms with E-state index in [1.54, 1.807) is 0 Å². The van der Waals surface area contributed by atoms with E-state index >= 15 is 0 Å². The number of guanidine groups is 1. The molecule has 0 heterocycles. The first-order chi connectivity index (χ1) is 10.3. The zero-order chi connectivity index (χ0) is 14.9. The highest BCUT2D eigenvalue weighted by atomic mass is 32.2. The van der Waals surface area contributed by atoms with Gasteiger partial charge in [-0.1, -0.05) is 18.2 Å². The fraction of sp³-hybridized carbons (Fsp3) is 0.588. The third-order valence-corrected chi connectivity index (χ3v) is 4.61. The number of aryl methyl sites for hydroxylation is 2. The van der Waals surface area contributed by atoms with E-state index in [0.29, 0.717) is 0 Å². The number of thioether (sulfide) groups is 1. The monoisotopic (exact) mass is 305 g/mol. The Morgan fingerprint density at radius 3 is 2.86 bits per heavy atom. The number of nitrogens with zero attached hydrogens (tertiary/aromatic N) is 1. The Bertz CT molecular complexity index is 471. The van der Waals surface area contributed by atoms with E-state index in [-0.39, 0.29) is 0 Å². The van der Waals surface area contributed by atoms with Crippen molar-refractivity contribution in [3.05, 3.63) is 34.9 Å². The third kappa shape index (κ3) is 5.27. The van der Waals surface area contributed by atoms with Crippen molar-refractivity contribution in [2.45, 2.75) is 38.6 Å². The fourth-order valence-electron chi connectivity index (χ4n) is 2.72. The molecule has 1 aromatic rings. The molecule has 1 aromatic carbocycles. The second-order valence-corrected chi connectivity index (χ2v) is 6.49. The average molecular weight is 305 g/mol. The Hall–Kier alpha value is -1.16. The number of hydrogen-bond acceptors (Lipinski definition) is 2. The van der Waals surface area contributed by atoms with E-state index in [1.807, 2.05) is 18.8 Å². The molecule has 1 aliphatic carbocycles. The van der Waals surface area contributed by atoms with Crippen LogP contribution in [0.15, 0.2) is 23.2 Å². The summed E-state index contributed by atoms with van der Waals surface area (Å²) in [6.45, 7) is 1.84. The molecule has 4 heteroatoms. The van der Waals surface area contributed by atoms with Gasteiger partial charge in [0.2, 0.25) is 0 Å². The zero-order valence-electron chi connectivity index (χ0n) is 13.2. The predicted octanol–water partition coefficient (Wildman–Crippen LogP) is 2.98. The molecule has 1 aliphatic rings. The molecule has 0 radical (unpaired) electrons. The minimum absolute atomic E-state index is 0.845. The highest BCUT2D eigenvalue weighted by Crippen LogP contribution is 2.22. The summed E-state index contributed by atoms with van der Waals surface area (Å²) in [6, 6.07) is 6.88. The lowest BCUT2D eigenvalue weighted by molar-refractivity contribution is 0.733. The van der Waals surface area contributed by atoms with Crippen LogP contribution in [0.5, 0.6) is 0 Å². The lowest BCUT2D eigenvalue weighted by atomic mass is 10.1. The third-order valence-electron chi connectivity index (χ3n) is 3.91. The number of hydrogen-bond donors (Lipinski definition) is 2. The van der Waals surface area contributed by atoms with Gasteiger partial charge in [-0.05, 0) is 60.8 Å². The summed E-state index contributed by atoms with van der Waals surface area (Å²) >= 11 is 1.91. The van der Waals surface area contributed by atoms with Gasteiger partial charge >= 0.3 is 0 Å². The van der Waals surface area contributed by atoms with Gasteiger partial charge in [0.1, 0.15) is 0 Å². The molecule has 0 fully saturated rings. The van der Waals surface area contributed by atoms with E-state index in [1.165, 1.54) is 54.5 Å². The van der Waals surface area contributed by atoms with Gasteiger partial charge in [-0.2, -0.15) is 11.8 Å². The van der Waals surface area contributed by atoms with Crippen molar-refractivity contribution in [2.75, 3.05) is 25.6 Å². The topological polar surface area (TPSA) is 36.4 Å². The first-order valence-electron chi connectivity index (χ1n) is 7.87. The maximum absolute atomic E-state index is 4.28. The Morgan fingerprint density at radius 1 is 1.19 bits per heavy atom. The summed E-state index contributed by atoms with van der Waals surface area (Å²) in [6.07, 6.45) is 8.42. The highest BCUT2D eigenvalue weighted by Gasteiger charge is 2.10. The van der Waals surface area contributed by atoms with Crippen molar-refractivity contribution in [2.24, 2.45) is 4.99 Å². The van der Waals surface area contributed by atoms with Crippen LogP contribution in [0.3, 0.4) is 0 Å². The molecule has 0 aliphatic heterocycles. The van der Waals surface area contributed by atoms with Gasteiger partial charge in [0, 0.05) is 20.1 Å². The largest absolute Gasteiger partial charge is 0.356 e. The first-order valence-corrected chi connectivity index (χ1v) is 9.27. The summed E-state index contributed by atoms with van der Waals surface area (Å²) in [5, 5.41) is 6.78. The van der Waals surface area contributed by atoms with E-state index in [9.17, 15) is 0 Å². The summed E-state index contributed by atoms with van der Waals surface area (Å²) in [5.74, 6) is 2.14. The van der Waals surface area contributed by atoms with Crippen molar-refractivity contribution in [3.63, 3.8) is 0 Å². The molecule has 2 rings (SSSR count). The van der Waals surface area contributed by atoms with Crippen molar-refractivity contribution in [1.29, 1.82) is 0 Å². The number of unbranched alkanes of at least 4 members (excludes halogenated alkanes) is 1. The van der Waals surface area contributed by atoms with Crippen LogP contribution >= 0.6 is 11.8 Å². The van der Waals surface area contributed by atoms with Crippen LogP contribution in [-0.2, 0) is 19.4 Å². The minimum Gasteiger partial charge on any atom is -0.356 e. The smallest absolute Gasteiger partial charge is 0.191 e. The molecule has 2 N–H and O–H groups in total. The van der Waals surface area contributed by atoms with Gasteiger partial charge < -0.3 is 10.6 Å². The van der Waals surface area contributed by atoms with Gasteiger partial charge in [0.25, 0.3) is 0 Å². The quantitative estimate of drug-likeness (QED) is 0.462. The Balaban J connectivity index is 1.73. The second kappa shape index (κ2) is 8.98. The molecule has 116 valence electrons. The molecule has 0 unspecified atom stereocenters. The zero-order valence-corrected chi connectivity index (χ0v) is 14.1. The van der Waals surface area contributed by atoms with E-state index in [4.69, 9.17) is 0 Å². The lowest BCUT2D eigenvalue weighted by Crippen LogP contribution is -2.37. The number of fused-ring (bicyclic) bond motifs is 1. The van der Waals surface area contributed by atoms with Gasteiger partial charge in [0.15, 0.2) is 5.96 Å². The molecule has 0 spiro atoms. The van der Waals surface area contributed by atoms with Crippen LogP contribution in [0, 0.1) is 0 Å². The van der Waals surface area contributed by atoms with Crippen LogP contribution in [0.1, 0.15) is 36.0 Å². The lowest BCUT2D eigenvalue weighted by Gasteiger charge is -2.12. The first kappa shape index (κ1) is 16.2. The van der Waals surface area contributed by atoms with Crippen molar-refractivity contribution >= 4 is 17.7 Å². The maximum atomic E-state index is 4.28. The molecular weight excluding hydrogens is 278 g/mol. The Morgan fingerprint density at radius 2 is 2.05 bits per heavy atom. The highest BCUT2D eigenvalue weighted by molar-refractivity contribution is 7.98. The van der Waals surface area contributed by atoms with Crippen LogP contribution in [0.2, 0.25) is 0 Å². The summed E-state index contributed by atoms with van der Waals surface area (Å²) in [4.78, 5) is 4.28. The van der Waals surface area contributed by atoms with Gasteiger partial charge in [-0.3, -0.25) is 4.99 Å². The Labute approximate surface area is 133 Å². The molecule has 0 bridgehead atoms. The SMILES string of the molecule is CN=C(NCCCCSC)NCc1ccc2c(c1)CCC2. The van der Waals surface area contributed by atoms with Crippen LogP contribution in [-0.4, -0.2) is 31.6 Å². The van der Waals surface area contributed by atoms with Gasteiger partial charge in [-0.15, -0.1) is 0 Å². The maximum Gasteiger partial charge on any atom is 0.191 e. The molecular formula is C17H27N3S. The summed E-state index contributed by atoms with van der Waals surface area (Å²) in [7, 11) is 1.83. The van der Waals surface area contributed by atoms with Crippen LogP contribution in [0.25, 0.3) is 0 Å². The van der Waals surface area contributed by atoms with Crippen LogP contribution < -0.4 is 10.6 Å². The van der Waals surface area contributed by atoms with Crippen molar-refractivity contribution in [1.82, 2.24) is 10.6 Å². The molecule has 0 amide bonds. The van der Waals surface area contributed by atoms with Gasteiger partial charge in [0.05, 0.1) is 0 Å². The molecule has 3 nitrogen and oxygen atoms in total. The van der Waals surface area contributed by atoms with Crippen molar-refractivity contribution in [3.8, 4) is 0 Å². The molecule has 0 saturated carbocycles. The van der Waals surface area contributed by atoms with E-state index in [2.05, 4.69) is 40.1 Å². The van der Waals surface area contributed by atoms with E-state index < -0.39 is 0 Å². The molecule has 0 aromatic heterocycles. The predicted molar refractivity (Wildman–Crippen MR) is 94.3 cm³/mol. The van der Waals surface area contributed by atoms with Crippen LogP contribution in [0.4, 0.5) is 0 Å². The number of aliphatic imine (C=N–C) groups is 1. The Kier molecular flexibility index (Phi) is 6.93. The number of nitrogens with one attached hydrogen (secondary N) is 2. The normalized spacial score (nSPS) is 14.1. The molecule has 21 heavy (non-hydrogen) atoms. The average Bonchev–Trinajstić information content (AvgIpc) is 2.97. The fourth-order valence-corrected chi connectivity index (χ4v) is 3.21.